The maximum atomic E-state index is 6.00. The Hall–Kier alpha value is -0.730. The zero-order valence-electron chi connectivity index (χ0n) is 8.42. The molecule has 3 heteroatoms. The molecule has 0 atom stereocenters. The highest BCUT2D eigenvalue weighted by molar-refractivity contribution is 6.32. The molecule has 0 aliphatic heterocycles. The molecule has 1 radical (unpaired) electrons. The minimum atomic E-state index is 0.588. The van der Waals surface area contributed by atoms with Gasteiger partial charge in [-0.25, -0.2) is 0 Å². The fraction of sp³-hybridized carbons (Fsp3) is 0.364. The number of benzene rings is 1. The topological polar surface area (TPSA) is 18.5 Å². The van der Waals surface area contributed by atoms with Gasteiger partial charge in [-0.3, -0.25) is 0 Å². The van der Waals surface area contributed by atoms with Gasteiger partial charge in [0, 0.05) is 13.5 Å². The van der Waals surface area contributed by atoms with E-state index in [9.17, 15) is 0 Å². The van der Waals surface area contributed by atoms with Crippen molar-refractivity contribution in [2.24, 2.45) is 0 Å². The lowest BCUT2D eigenvalue weighted by molar-refractivity contribution is 0.225. The Morgan fingerprint density at radius 2 is 2.21 bits per heavy atom. The zero-order valence-corrected chi connectivity index (χ0v) is 9.17. The van der Waals surface area contributed by atoms with Crippen molar-refractivity contribution in [2.45, 2.75) is 6.92 Å². The molecule has 0 fully saturated rings. The summed E-state index contributed by atoms with van der Waals surface area (Å²) in [6, 6.07) is 5.69. The maximum absolute atomic E-state index is 6.00. The molecule has 0 saturated carbocycles. The first-order valence-corrected chi connectivity index (χ1v) is 4.90. The van der Waals surface area contributed by atoms with Crippen LogP contribution in [-0.4, -0.2) is 20.3 Å². The van der Waals surface area contributed by atoms with Crippen molar-refractivity contribution in [3.05, 3.63) is 35.2 Å². The van der Waals surface area contributed by atoms with Crippen molar-refractivity contribution >= 4 is 11.6 Å². The third-order valence-corrected chi connectivity index (χ3v) is 2.04. The molecule has 0 unspecified atom stereocenters. The highest BCUT2D eigenvalue weighted by atomic mass is 35.5. The fourth-order valence-corrected chi connectivity index (χ4v) is 1.34. The first-order valence-electron chi connectivity index (χ1n) is 4.52. The van der Waals surface area contributed by atoms with E-state index in [1.165, 1.54) is 0 Å². The van der Waals surface area contributed by atoms with Crippen molar-refractivity contribution in [1.29, 1.82) is 0 Å². The standard InChI is InChI=1S/C11H14ClO2/c1-3-14-11-5-4-9(6-7-13-2)8-10(11)12/h4-6,8H,3,7H2,1-2H3. The molecule has 0 heterocycles. The van der Waals surface area contributed by atoms with E-state index in [1.807, 2.05) is 31.5 Å². The van der Waals surface area contributed by atoms with Gasteiger partial charge in [0.25, 0.3) is 0 Å². The highest BCUT2D eigenvalue weighted by Crippen LogP contribution is 2.25. The van der Waals surface area contributed by atoms with E-state index < -0.39 is 0 Å². The molecule has 1 aromatic rings. The minimum Gasteiger partial charge on any atom is -0.492 e. The van der Waals surface area contributed by atoms with E-state index >= 15 is 0 Å². The van der Waals surface area contributed by atoms with Crippen LogP contribution >= 0.6 is 11.6 Å². The van der Waals surface area contributed by atoms with E-state index in [-0.39, 0.29) is 0 Å². The molecule has 0 aliphatic rings. The van der Waals surface area contributed by atoms with Crippen LogP contribution in [0.2, 0.25) is 5.02 Å². The molecule has 14 heavy (non-hydrogen) atoms. The molecule has 0 saturated heterocycles. The molecule has 0 aromatic heterocycles. The normalized spacial score (nSPS) is 10.2. The quantitative estimate of drug-likeness (QED) is 0.749. The number of ether oxygens (including phenoxy) is 2. The summed E-state index contributed by atoms with van der Waals surface area (Å²) in [7, 11) is 1.66. The van der Waals surface area contributed by atoms with Crippen LogP contribution < -0.4 is 4.74 Å². The maximum Gasteiger partial charge on any atom is 0.137 e. The molecule has 77 valence electrons. The average molecular weight is 214 g/mol. The Labute approximate surface area is 89.8 Å². The molecule has 1 aromatic carbocycles. The van der Waals surface area contributed by atoms with Crippen molar-refractivity contribution < 1.29 is 9.47 Å². The Morgan fingerprint density at radius 3 is 2.79 bits per heavy atom. The smallest absolute Gasteiger partial charge is 0.137 e. The van der Waals surface area contributed by atoms with Gasteiger partial charge in [-0.2, -0.15) is 0 Å². The Balaban J connectivity index is 2.68. The van der Waals surface area contributed by atoms with Gasteiger partial charge in [0.1, 0.15) is 5.75 Å². The van der Waals surface area contributed by atoms with E-state index in [0.29, 0.717) is 18.2 Å². The van der Waals surface area contributed by atoms with Crippen molar-refractivity contribution in [1.82, 2.24) is 0 Å². The first kappa shape index (κ1) is 11.3. The van der Waals surface area contributed by atoms with Crippen LogP contribution in [0.25, 0.3) is 0 Å². The van der Waals surface area contributed by atoms with Crippen molar-refractivity contribution in [3.8, 4) is 5.75 Å². The molecular formula is C11H14ClO2. The van der Waals surface area contributed by atoms with Crippen LogP contribution in [0.15, 0.2) is 18.2 Å². The largest absolute Gasteiger partial charge is 0.492 e. The van der Waals surface area contributed by atoms with Crippen molar-refractivity contribution in [2.75, 3.05) is 20.3 Å². The minimum absolute atomic E-state index is 0.588. The van der Waals surface area contributed by atoms with Gasteiger partial charge in [0.05, 0.1) is 18.2 Å². The molecule has 0 spiro atoms. The second kappa shape index (κ2) is 5.89. The lowest BCUT2D eigenvalue weighted by atomic mass is 10.1. The van der Waals surface area contributed by atoms with Gasteiger partial charge in [-0.05, 0) is 24.6 Å². The summed E-state index contributed by atoms with van der Waals surface area (Å²) in [5.74, 6) is 0.726. The number of halogens is 1. The number of methoxy groups -OCH3 is 1. The Bertz CT molecular complexity index is 287. The molecule has 0 bridgehead atoms. The van der Waals surface area contributed by atoms with Crippen LogP contribution in [0.1, 0.15) is 12.5 Å². The number of rotatable bonds is 5. The predicted molar refractivity (Wildman–Crippen MR) is 57.9 cm³/mol. The monoisotopic (exact) mass is 213 g/mol. The Morgan fingerprint density at radius 1 is 1.43 bits per heavy atom. The molecule has 0 aliphatic carbocycles. The molecular weight excluding hydrogens is 200 g/mol. The first-order chi connectivity index (χ1) is 6.77. The lowest BCUT2D eigenvalue weighted by Gasteiger charge is -2.07. The second-order valence-electron chi connectivity index (χ2n) is 2.78. The van der Waals surface area contributed by atoms with Gasteiger partial charge in [0.2, 0.25) is 0 Å². The lowest BCUT2D eigenvalue weighted by Crippen LogP contribution is -1.94. The summed E-state index contributed by atoms with van der Waals surface area (Å²) >= 11 is 6.00. The van der Waals surface area contributed by atoms with Crippen LogP contribution in [0.3, 0.4) is 0 Å². The molecule has 2 nitrogen and oxygen atoms in total. The van der Waals surface area contributed by atoms with Gasteiger partial charge in [0.15, 0.2) is 0 Å². The van der Waals surface area contributed by atoms with Crippen LogP contribution in [-0.2, 0) is 4.74 Å². The molecule has 0 N–H and O–H groups in total. The number of hydrogen-bond donors (Lipinski definition) is 0. The average Bonchev–Trinajstić information content (AvgIpc) is 2.19. The van der Waals surface area contributed by atoms with E-state index in [0.717, 1.165) is 11.3 Å². The fourth-order valence-electron chi connectivity index (χ4n) is 1.10. The van der Waals surface area contributed by atoms with Crippen LogP contribution in [0, 0.1) is 6.42 Å². The highest BCUT2D eigenvalue weighted by Gasteiger charge is 2.02. The summed E-state index contributed by atoms with van der Waals surface area (Å²) in [5.41, 5.74) is 1.04. The molecule has 1 rings (SSSR count). The number of hydrogen-bond acceptors (Lipinski definition) is 2. The summed E-state index contributed by atoms with van der Waals surface area (Å²) in [6.45, 7) is 3.15. The Kier molecular flexibility index (Phi) is 4.77. The molecule has 0 amide bonds. The second-order valence-corrected chi connectivity index (χ2v) is 3.19. The van der Waals surface area contributed by atoms with Gasteiger partial charge in [-0.1, -0.05) is 17.7 Å². The summed E-state index contributed by atoms with van der Waals surface area (Å²) < 4.78 is 10.3. The summed E-state index contributed by atoms with van der Waals surface area (Å²) in [4.78, 5) is 0. The summed E-state index contributed by atoms with van der Waals surface area (Å²) in [5, 5.41) is 0.636. The third kappa shape index (κ3) is 3.20. The van der Waals surface area contributed by atoms with Gasteiger partial charge in [-0.15, -0.1) is 0 Å². The van der Waals surface area contributed by atoms with Crippen LogP contribution in [0.5, 0.6) is 5.75 Å². The van der Waals surface area contributed by atoms with E-state index in [2.05, 4.69) is 0 Å². The van der Waals surface area contributed by atoms with Gasteiger partial charge < -0.3 is 9.47 Å². The SMILES string of the molecule is CCOc1ccc([CH]COC)cc1Cl. The summed E-state index contributed by atoms with van der Waals surface area (Å²) in [6.07, 6.45) is 1.96. The zero-order chi connectivity index (χ0) is 10.4. The van der Waals surface area contributed by atoms with Crippen molar-refractivity contribution in [3.63, 3.8) is 0 Å². The van der Waals surface area contributed by atoms with Gasteiger partial charge >= 0.3 is 0 Å². The predicted octanol–water partition coefficient (Wildman–Crippen LogP) is 2.94. The third-order valence-electron chi connectivity index (χ3n) is 1.74. The van der Waals surface area contributed by atoms with E-state index in [4.69, 9.17) is 21.1 Å². The van der Waals surface area contributed by atoms with E-state index in [1.54, 1.807) is 7.11 Å². The van der Waals surface area contributed by atoms with Crippen LogP contribution in [0.4, 0.5) is 0 Å².